The van der Waals surface area contributed by atoms with Crippen LogP contribution in [0.25, 0.3) is 0 Å². The highest BCUT2D eigenvalue weighted by Gasteiger charge is 2.39. The summed E-state index contributed by atoms with van der Waals surface area (Å²) < 4.78 is 0. The van der Waals surface area contributed by atoms with Gasteiger partial charge in [0.25, 0.3) is 0 Å². The van der Waals surface area contributed by atoms with Gasteiger partial charge in [-0.05, 0) is 17.2 Å². The van der Waals surface area contributed by atoms with E-state index in [1.165, 1.54) is 5.56 Å². The second kappa shape index (κ2) is 7.53. The lowest BCUT2D eigenvalue weighted by Gasteiger charge is -2.37. The number of carbonyl (C=O) groups is 2. The van der Waals surface area contributed by atoms with Crippen molar-refractivity contribution in [3.05, 3.63) is 65.7 Å². The van der Waals surface area contributed by atoms with E-state index in [9.17, 15) is 9.59 Å². The summed E-state index contributed by atoms with van der Waals surface area (Å²) in [5.74, 6) is 0.00164. The van der Waals surface area contributed by atoms with E-state index in [0.29, 0.717) is 19.5 Å². The molecule has 0 bridgehead atoms. The molecule has 0 spiro atoms. The van der Waals surface area contributed by atoms with Crippen molar-refractivity contribution in [2.24, 2.45) is 0 Å². The molecule has 2 amide bonds. The average Bonchev–Trinajstić information content (AvgIpc) is 3.09. The quantitative estimate of drug-likeness (QED) is 0.841. The van der Waals surface area contributed by atoms with E-state index in [1.54, 1.807) is 11.8 Å². The van der Waals surface area contributed by atoms with Gasteiger partial charge in [-0.25, -0.2) is 0 Å². The fraction of sp³-hybridized carbons (Fsp3) is 0.364. The van der Waals surface area contributed by atoms with Crippen LogP contribution in [-0.4, -0.2) is 53.8 Å². The van der Waals surface area contributed by atoms with Gasteiger partial charge in [-0.15, -0.1) is 0 Å². The zero-order chi connectivity index (χ0) is 18.8. The molecule has 0 aromatic heterocycles. The minimum absolute atomic E-state index is 0.0685. The molecule has 0 unspecified atom stereocenters. The third-order valence-corrected chi connectivity index (χ3v) is 5.53. The molecule has 140 valence electrons. The number of hydrogen-bond donors (Lipinski definition) is 0. The smallest absolute Gasteiger partial charge is 0.246 e. The van der Waals surface area contributed by atoms with Gasteiger partial charge in [0, 0.05) is 51.8 Å². The lowest BCUT2D eigenvalue weighted by atomic mass is 10.1. The van der Waals surface area contributed by atoms with Crippen LogP contribution in [0.1, 0.15) is 18.1 Å². The van der Waals surface area contributed by atoms with Crippen LogP contribution in [0.15, 0.2) is 54.6 Å². The molecule has 4 rings (SSSR count). The van der Waals surface area contributed by atoms with E-state index in [1.807, 2.05) is 35.2 Å². The van der Waals surface area contributed by atoms with Gasteiger partial charge in [-0.1, -0.05) is 48.5 Å². The van der Waals surface area contributed by atoms with Crippen molar-refractivity contribution in [3.63, 3.8) is 0 Å². The fourth-order valence-corrected chi connectivity index (χ4v) is 4.15. The maximum atomic E-state index is 13.2. The Balaban J connectivity index is 1.40. The molecule has 2 aromatic carbocycles. The van der Waals surface area contributed by atoms with E-state index in [2.05, 4.69) is 29.2 Å². The number of carbonyl (C=O) groups excluding carboxylic acids is 2. The molecule has 0 aliphatic carbocycles. The normalized spacial score (nSPS) is 19.8. The highest BCUT2D eigenvalue weighted by molar-refractivity contribution is 6.02. The zero-order valence-electron chi connectivity index (χ0n) is 15.7. The lowest BCUT2D eigenvalue weighted by molar-refractivity contribution is -0.135. The Morgan fingerprint density at radius 2 is 1.59 bits per heavy atom. The van der Waals surface area contributed by atoms with Gasteiger partial charge < -0.3 is 4.90 Å². The van der Waals surface area contributed by atoms with Crippen LogP contribution >= 0.6 is 0 Å². The highest BCUT2D eigenvalue weighted by Crippen LogP contribution is 2.33. The summed E-state index contributed by atoms with van der Waals surface area (Å²) in [6.45, 7) is 5.60. The summed E-state index contributed by atoms with van der Waals surface area (Å²) in [4.78, 5) is 31.4. The van der Waals surface area contributed by atoms with Gasteiger partial charge in [-0.2, -0.15) is 0 Å². The van der Waals surface area contributed by atoms with Crippen LogP contribution in [0.5, 0.6) is 0 Å². The standard InChI is InChI=1S/C22H25N3O2/c1-17(26)25-20-10-6-5-9-19(20)15-21(25)22(27)24-13-11-23(12-14-24)16-18-7-3-2-4-8-18/h2-10,21H,11-16H2,1H3/t21-/m1/s1. The number of fused-ring (bicyclic) bond motifs is 1. The molecular formula is C22H25N3O2. The number of piperazine rings is 1. The fourth-order valence-electron chi connectivity index (χ4n) is 4.15. The third kappa shape index (κ3) is 3.60. The van der Waals surface area contributed by atoms with Crippen LogP contribution < -0.4 is 4.90 Å². The van der Waals surface area contributed by atoms with Gasteiger partial charge in [0.2, 0.25) is 11.8 Å². The molecule has 27 heavy (non-hydrogen) atoms. The van der Waals surface area contributed by atoms with Gasteiger partial charge in [0.15, 0.2) is 0 Å². The molecule has 2 aliphatic rings. The lowest BCUT2D eigenvalue weighted by Crippen LogP contribution is -2.55. The predicted octanol–water partition coefficient (Wildman–Crippen LogP) is 2.31. The van der Waals surface area contributed by atoms with Gasteiger partial charge >= 0.3 is 0 Å². The number of para-hydroxylation sites is 1. The first-order chi connectivity index (χ1) is 13.1. The van der Waals surface area contributed by atoms with Crippen LogP contribution in [0, 0.1) is 0 Å². The summed E-state index contributed by atoms with van der Waals surface area (Å²) in [7, 11) is 0. The van der Waals surface area contributed by atoms with Crippen LogP contribution in [0.4, 0.5) is 5.69 Å². The Kier molecular flexibility index (Phi) is 4.94. The number of amides is 2. The number of nitrogens with zero attached hydrogens (tertiary/aromatic N) is 3. The minimum Gasteiger partial charge on any atom is -0.338 e. The summed E-state index contributed by atoms with van der Waals surface area (Å²) >= 11 is 0. The molecule has 5 nitrogen and oxygen atoms in total. The summed E-state index contributed by atoms with van der Waals surface area (Å²) in [6.07, 6.45) is 0.610. The van der Waals surface area contributed by atoms with Crippen LogP contribution in [-0.2, 0) is 22.6 Å². The maximum Gasteiger partial charge on any atom is 0.246 e. The predicted molar refractivity (Wildman–Crippen MR) is 105 cm³/mol. The van der Waals surface area contributed by atoms with Gasteiger partial charge in [-0.3, -0.25) is 19.4 Å². The Bertz CT molecular complexity index is 828. The highest BCUT2D eigenvalue weighted by atomic mass is 16.2. The van der Waals surface area contributed by atoms with Crippen molar-refractivity contribution in [1.82, 2.24) is 9.80 Å². The second-order valence-electron chi connectivity index (χ2n) is 7.32. The Hall–Kier alpha value is -2.66. The molecule has 2 aliphatic heterocycles. The maximum absolute atomic E-state index is 13.2. The zero-order valence-corrected chi connectivity index (χ0v) is 15.7. The largest absolute Gasteiger partial charge is 0.338 e. The number of anilines is 1. The average molecular weight is 363 g/mol. The van der Waals surface area contributed by atoms with Crippen LogP contribution in [0.2, 0.25) is 0 Å². The molecule has 0 saturated carbocycles. The van der Waals surface area contributed by atoms with E-state index in [0.717, 1.165) is 30.9 Å². The van der Waals surface area contributed by atoms with E-state index < -0.39 is 6.04 Å². The second-order valence-corrected chi connectivity index (χ2v) is 7.32. The minimum atomic E-state index is -0.402. The molecule has 5 heteroatoms. The Labute approximate surface area is 160 Å². The molecule has 1 fully saturated rings. The SMILES string of the molecule is CC(=O)N1c2ccccc2C[C@@H]1C(=O)N1CCN(Cc2ccccc2)CC1. The monoisotopic (exact) mass is 363 g/mol. The number of benzene rings is 2. The number of hydrogen-bond acceptors (Lipinski definition) is 3. The number of rotatable bonds is 3. The van der Waals surface area contributed by atoms with Crippen molar-refractivity contribution in [1.29, 1.82) is 0 Å². The van der Waals surface area contributed by atoms with Crippen molar-refractivity contribution < 1.29 is 9.59 Å². The molecular weight excluding hydrogens is 338 g/mol. The topological polar surface area (TPSA) is 43.9 Å². The first-order valence-electron chi connectivity index (χ1n) is 9.56. The van der Waals surface area contributed by atoms with Crippen molar-refractivity contribution in [2.75, 3.05) is 31.1 Å². The summed E-state index contributed by atoms with van der Waals surface area (Å²) in [6, 6.07) is 17.8. The van der Waals surface area contributed by atoms with Crippen molar-refractivity contribution in [3.8, 4) is 0 Å². The van der Waals surface area contributed by atoms with Gasteiger partial charge in [0.1, 0.15) is 6.04 Å². The molecule has 0 radical (unpaired) electrons. The van der Waals surface area contributed by atoms with Gasteiger partial charge in [0.05, 0.1) is 0 Å². The summed E-state index contributed by atoms with van der Waals surface area (Å²) in [5.41, 5.74) is 3.26. The Morgan fingerprint density at radius 3 is 2.30 bits per heavy atom. The van der Waals surface area contributed by atoms with Crippen molar-refractivity contribution >= 4 is 17.5 Å². The van der Waals surface area contributed by atoms with Crippen molar-refractivity contribution in [2.45, 2.75) is 25.9 Å². The first-order valence-corrected chi connectivity index (χ1v) is 9.56. The third-order valence-electron chi connectivity index (χ3n) is 5.53. The molecule has 1 saturated heterocycles. The first kappa shape index (κ1) is 17.7. The summed E-state index contributed by atoms with van der Waals surface area (Å²) in [5, 5.41) is 0. The van der Waals surface area contributed by atoms with Crippen LogP contribution in [0.3, 0.4) is 0 Å². The molecule has 0 N–H and O–H groups in total. The van der Waals surface area contributed by atoms with E-state index in [4.69, 9.17) is 0 Å². The molecule has 1 atom stereocenters. The Morgan fingerprint density at radius 1 is 0.926 bits per heavy atom. The van der Waals surface area contributed by atoms with E-state index in [-0.39, 0.29) is 11.8 Å². The van der Waals surface area contributed by atoms with E-state index >= 15 is 0 Å². The molecule has 2 heterocycles. The molecule has 2 aromatic rings.